The van der Waals surface area contributed by atoms with Crippen molar-refractivity contribution in [1.82, 2.24) is 24.0 Å². The molecule has 1 aliphatic heterocycles. The number of hydrogen-bond donors (Lipinski definition) is 0. The van der Waals surface area contributed by atoms with Crippen molar-refractivity contribution in [3.63, 3.8) is 0 Å². The summed E-state index contributed by atoms with van der Waals surface area (Å²) in [5.41, 5.74) is 0. The maximum atomic E-state index is 12.4. The molecule has 0 saturated carbocycles. The summed E-state index contributed by atoms with van der Waals surface area (Å²) in [6, 6.07) is -0.421. The molecule has 0 bridgehead atoms. The highest BCUT2D eigenvalue weighted by Crippen LogP contribution is 2.17. The molecule has 0 aromatic carbocycles. The molecule has 2 rings (SSSR count). The number of piperidine rings is 1. The van der Waals surface area contributed by atoms with Crippen LogP contribution in [0.5, 0.6) is 0 Å². The summed E-state index contributed by atoms with van der Waals surface area (Å²) in [6.07, 6.45) is 5.44. The van der Waals surface area contributed by atoms with Crippen LogP contribution in [0.1, 0.15) is 26.2 Å². The van der Waals surface area contributed by atoms with E-state index in [1.807, 2.05) is 6.92 Å². The topological polar surface area (TPSA) is 88.4 Å². The fraction of sp³-hybridized carbons (Fsp3) is 0.615. The Morgan fingerprint density at radius 3 is 2.68 bits per heavy atom. The lowest BCUT2D eigenvalue weighted by Crippen LogP contribution is -2.37. The average Bonchev–Trinajstić information content (AvgIpc) is 3.03. The van der Waals surface area contributed by atoms with E-state index in [1.165, 1.54) is 9.21 Å². The van der Waals surface area contributed by atoms with Crippen molar-refractivity contribution in [2.75, 3.05) is 26.2 Å². The first-order valence-corrected chi connectivity index (χ1v) is 8.76. The van der Waals surface area contributed by atoms with Crippen LogP contribution in [-0.2, 0) is 10.0 Å². The van der Waals surface area contributed by atoms with Gasteiger partial charge in [-0.15, -0.1) is 11.7 Å². The van der Waals surface area contributed by atoms with Crippen LogP contribution >= 0.6 is 0 Å². The fourth-order valence-electron chi connectivity index (χ4n) is 2.32. The van der Waals surface area contributed by atoms with Crippen molar-refractivity contribution in [2.45, 2.75) is 31.3 Å². The summed E-state index contributed by atoms with van der Waals surface area (Å²) in [7, 11) is -3.72. The van der Waals surface area contributed by atoms with Gasteiger partial charge >= 0.3 is 6.03 Å². The van der Waals surface area contributed by atoms with E-state index in [2.05, 4.69) is 16.7 Å². The van der Waals surface area contributed by atoms with Gasteiger partial charge in [0.1, 0.15) is 6.33 Å². The molecule has 1 amide bonds. The van der Waals surface area contributed by atoms with Crippen molar-refractivity contribution < 1.29 is 13.2 Å². The molecule has 9 heteroatoms. The van der Waals surface area contributed by atoms with Crippen LogP contribution in [0.2, 0.25) is 0 Å². The molecular formula is C13H21N5O3S. The number of amides is 1. The normalized spacial score (nSPS) is 16.4. The lowest BCUT2D eigenvalue weighted by Gasteiger charge is -2.24. The first kappa shape index (κ1) is 16.6. The van der Waals surface area contributed by atoms with E-state index in [1.54, 1.807) is 6.08 Å². The molecule has 0 spiro atoms. The van der Waals surface area contributed by atoms with E-state index in [-0.39, 0.29) is 5.16 Å². The van der Waals surface area contributed by atoms with E-state index in [0.717, 1.165) is 30.3 Å². The van der Waals surface area contributed by atoms with Crippen LogP contribution in [-0.4, -0.2) is 64.6 Å². The number of rotatable bonds is 5. The molecule has 0 N–H and O–H groups in total. The van der Waals surface area contributed by atoms with E-state index >= 15 is 0 Å². The summed E-state index contributed by atoms with van der Waals surface area (Å²) in [4.78, 5) is 17.5. The maximum absolute atomic E-state index is 12.4. The zero-order chi connectivity index (χ0) is 16.2. The number of likely N-dealkylation sites (N-methyl/N-ethyl adjacent to an activating group) is 1. The predicted molar refractivity (Wildman–Crippen MR) is 80.9 cm³/mol. The lowest BCUT2D eigenvalue weighted by atomic mass is 10.2. The lowest BCUT2D eigenvalue weighted by molar-refractivity contribution is 0.204. The van der Waals surface area contributed by atoms with Crippen LogP contribution in [0.15, 0.2) is 24.1 Å². The maximum Gasteiger partial charge on any atom is 0.346 e. The number of hydrogen-bond acceptors (Lipinski definition) is 5. The van der Waals surface area contributed by atoms with Gasteiger partial charge in [-0.3, -0.25) is 0 Å². The van der Waals surface area contributed by atoms with Gasteiger partial charge in [-0.1, -0.05) is 12.5 Å². The zero-order valence-corrected chi connectivity index (χ0v) is 13.5. The number of carbonyl (C=O) groups is 1. The van der Waals surface area contributed by atoms with E-state index < -0.39 is 16.1 Å². The Kier molecular flexibility index (Phi) is 5.30. The van der Waals surface area contributed by atoms with Crippen molar-refractivity contribution in [3.8, 4) is 0 Å². The van der Waals surface area contributed by atoms with Crippen molar-refractivity contribution in [3.05, 3.63) is 19.0 Å². The van der Waals surface area contributed by atoms with Crippen LogP contribution < -0.4 is 0 Å². The molecular weight excluding hydrogens is 306 g/mol. The summed E-state index contributed by atoms with van der Waals surface area (Å²) < 4.78 is 27.2. The molecule has 1 aromatic heterocycles. The van der Waals surface area contributed by atoms with Crippen LogP contribution in [0.3, 0.4) is 0 Å². The summed E-state index contributed by atoms with van der Waals surface area (Å²) >= 11 is 0. The fourth-order valence-corrected chi connectivity index (χ4v) is 3.66. The van der Waals surface area contributed by atoms with Gasteiger partial charge < -0.3 is 4.90 Å². The second-order valence-corrected chi connectivity index (χ2v) is 6.88. The van der Waals surface area contributed by atoms with Crippen molar-refractivity contribution >= 4 is 16.1 Å². The Balaban J connectivity index is 2.19. The molecule has 0 radical (unpaired) electrons. The molecule has 8 nitrogen and oxygen atoms in total. The van der Waals surface area contributed by atoms with Crippen molar-refractivity contribution in [1.29, 1.82) is 0 Å². The number of nitrogens with zero attached hydrogens (tertiary/aromatic N) is 5. The minimum Gasteiger partial charge on any atom is -0.319 e. The molecule has 1 fully saturated rings. The van der Waals surface area contributed by atoms with Gasteiger partial charge in [0.2, 0.25) is 0 Å². The Morgan fingerprint density at radius 1 is 1.41 bits per heavy atom. The SMILES string of the molecule is C=CCN(CC)C(=O)n1cnc(S(=O)(=O)N2CCCCC2)n1. The predicted octanol–water partition coefficient (Wildman–Crippen LogP) is 0.929. The first-order valence-electron chi connectivity index (χ1n) is 7.32. The second kappa shape index (κ2) is 7.01. The third-order valence-electron chi connectivity index (χ3n) is 3.55. The standard InChI is InChI=1S/C13H21N5O3S/c1-3-8-16(4-2)13(19)18-11-14-12(15-18)22(20,21)17-9-6-5-7-10-17/h3,11H,1,4-10H2,2H3. The Hall–Kier alpha value is -1.74. The van der Waals surface area contributed by atoms with Crippen LogP contribution in [0.25, 0.3) is 0 Å². The Morgan fingerprint density at radius 2 is 2.09 bits per heavy atom. The average molecular weight is 327 g/mol. The van der Waals surface area contributed by atoms with Crippen molar-refractivity contribution in [2.24, 2.45) is 0 Å². The molecule has 0 unspecified atom stereocenters. The van der Waals surface area contributed by atoms with E-state index in [4.69, 9.17) is 0 Å². The summed E-state index contributed by atoms with van der Waals surface area (Å²) in [6.45, 7) is 7.20. The molecule has 1 aromatic rings. The molecule has 1 saturated heterocycles. The van der Waals surface area contributed by atoms with Gasteiger partial charge in [-0.05, 0) is 19.8 Å². The van der Waals surface area contributed by atoms with Crippen LogP contribution in [0.4, 0.5) is 4.79 Å². The minimum atomic E-state index is -3.72. The highest BCUT2D eigenvalue weighted by atomic mass is 32.2. The van der Waals surface area contributed by atoms with E-state index in [0.29, 0.717) is 26.2 Å². The van der Waals surface area contributed by atoms with Crippen LogP contribution in [0, 0.1) is 0 Å². The molecule has 1 aliphatic rings. The molecule has 22 heavy (non-hydrogen) atoms. The molecule has 0 aliphatic carbocycles. The van der Waals surface area contributed by atoms with Gasteiger partial charge in [-0.25, -0.2) is 18.2 Å². The van der Waals surface area contributed by atoms with Gasteiger partial charge in [0.05, 0.1) is 0 Å². The second-order valence-electron chi connectivity index (χ2n) is 5.05. The zero-order valence-electron chi connectivity index (χ0n) is 12.7. The first-order chi connectivity index (χ1) is 10.5. The highest BCUT2D eigenvalue weighted by Gasteiger charge is 2.30. The molecule has 122 valence electrons. The number of sulfonamides is 1. The van der Waals surface area contributed by atoms with Gasteiger partial charge in [0, 0.05) is 26.2 Å². The minimum absolute atomic E-state index is 0.322. The monoisotopic (exact) mass is 327 g/mol. The molecule has 2 heterocycles. The largest absolute Gasteiger partial charge is 0.346 e. The van der Waals surface area contributed by atoms with E-state index in [9.17, 15) is 13.2 Å². The summed E-state index contributed by atoms with van der Waals surface area (Å²) in [5.74, 6) is 0. The smallest absolute Gasteiger partial charge is 0.319 e. The Bertz CT molecular complexity index is 634. The number of carbonyl (C=O) groups excluding carboxylic acids is 1. The third kappa shape index (κ3) is 3.36. The van der Waals surface area contributed by atoms with Gasteiger partial charge in [0.15, 0.2) is 0 Å². The summed E-state index contributed by atoms with van der Waals surface area (Å²) in [5, 5.41) is 3.54. The van der Waals surface area contributed by atoms with Gasteiger partial charge in [-0.2, -0.15) is 8.99 Å². The highest BCUT2D eigenvalue weighted by molar-refractivity contribution is 7.88. The third-order valence-corrected chi connectivity index (χ3v) is 5.25. The Labute approximate surface area is 130 Å². The number of aromatic nitrogens is 3. The van der Waals surface area contributed by atoms with Gasteiger partial charge in [0.25, 0.3) is 15.2 Å². The molecule has 0 atom stereocenters. The quantitative estimate of drug-likeness (QED) is 0.751.